The van der Waals surface area contributed by atoms with Gasteiger partial charge in [0.15, 0.2) is 0 Å². The molecule has 0 spiro atoms. The summed E-state index contributed by atoms with van der Waals surface area (Å²) in [5.41, 5.74) is 1.98. The summed E-state index contributed by atoms with van der Waals surface area (Å²) in [6.07, 6.45) is 3.68. The highest BCUT2D eigenvalue weighted by molar-refractivity contribution is 8.26. The van der Waals surface area contributed by atoms with E-state index in [-0.39, 0.29) is 11.9 Å². The van der Waals surface area contributed by atoms with E-state index in [1.807, 2.05) is 61.7 Å². The van der Waals surface area contributed by atoms with Crippen molar-refractivity contribution in [3.63, 3.8) is 0 Å². The van der Waals surface area contributed by atoms with Gasteiger partial charge < -0.3 is 4.98 Å². The molecule has 0 saturated carbocycles. The Morgan fingerprint density at radius 2 is 2.00 bits per heavy atom. The number of rotatable bonds is 3. The monoisotopic (exact) mass is 314 g/mol. The highest BCUT2D eigenvalue weighted by Crippen LogP contribution is 2.37. The first-order valence-electron chi connectivity index (χ1n) is 6.62. The number of carbonyl (C=O) groups is 1. The second kappa shape index (κ2) is 5.87. The average Bonchev–Trinajstić information content (AvgIpc) is 3.09. The van der Waals surface area contributed by atoms with Crippen LogP contribution in [0.2, 0.25) is 0 Å². The highest BCUT2D eigenvalue weighted by atomic mass is 32.2. The quantitative estimate of drug-likeness (QED) is 0.688. The number of aromatic amines is 1. The van der Waals surface area contributed by atoms with Crippen molar-refractivity contribution < 1.29 is 4.79 Å². The van der Waals surface area contributed by atoms with Crippen molar-refractivity contribution in [2.75, 3.05) is 0 Å². The summed E-state index contributed by atoms with van der Waals surface area (Å²) in [5.74, 6) is -0.0315. The van der Waals surface area contributed by atoms with E-state index in [2.05, 4.69) is 4.98 Å². The van der Waals surface area contributed by atoms with Gasteiger partial charge in [0.05, 0.1) is 10.9 Å². The fraction of sp³-hybridized carbons (Fsp3) is 0.125. The third-order valence-corrected chi connectivity index (χ3v) is 4.73. The smallest absolute Gasteiger partial charge is 0.266 e. The number of hydrogen-bond acceptors (Lipinski definition) is 3. The zero-order valence-corrected chi connectivity index (χ0v) is 13.1. The first-order chi connectivity index (χ1) is 10.2. The van der Waals surface area contributed by atoms with Crippen LogP contribution in [0.25, 0.3) is 6.08 Å². The third-order valence-electron chi connectivity index (χ3n) is 3.40. The number of carbonyl (C=O) groups excluding carboxylic acids is 1. The first-order valence-corrected chi connectivity index (χ1v) is 7.84. The summed E-state index contributed by atoms with van der Waals surface area (Å²) in [5, 5.41) is 0. The lowest BCUT2D eigenvalue weighted by Gasteiger charge is -2.23. The zero-order valence-electron chi connectivity index (χ0n) is 11.4. The van der Waals surface area contributed by atoms with Gasteiger partial charge in [0.2, 0.25) is 0 Å². The van der Waals surface area contributed by atoms with E-state index in [0.717, 1.165) is 11.3 Å². The number of nitrogens with one attached hydrogen (secondary N) is 1. The predicted molar refractivity (Wildman–Crippen MR) is 90.7 cm³/mol. The Labute approximate surface area is 133 Å². The molecule has 0 radical (unpaired) electrons. The molecule has 1 N–H and O–H groups in total. The van der Waals surface area contributed by atoms with Gasteiger partial charge in [-0.15, -0.1) is 0 Å². The van der Waals surface area contributed by atoms with E-state index < -0.39 is 0 Å². The van der Waals surface area contributed by atoms with Crippen LogP contribution in [-0.2, 0) is 4.79 Å². The summed E-state index contributed by atoms with van der Waals surface area (Å²) >= 11 is 6.74. The van der Waals surface area contributed by atoms with E-state index >= 15 is 0 Å². The van der Waals surface area contributed by atoms with Crippen LogP contribution in [0.15, 0.2) is 53.6 Å². The standard InChI is InChI=1S/C16H14N2OS2/c1-11(12-6-3-2-4-7-12)18-15(19)14(21-16(18)20)10-13-8-5-9-17-13/h2-11,17H,1H3/b14-10-/t11-/m1/s1. The highest BCUT2D eigenvalue weighted by Gasteiger charge is 2.35. The summed E-state index contributed by atoms with van der Waals surface area (Å²) in [6, 6.07) is 13.7. The average molecular weight is 314 g/mol. The molecule has 21 heavy (non-hydrogen) atoms. The molecule has 5 heteroatoms. The first kappa shape index (κ1) is 14.1. The molecule has 3 nitrogen and oxygen atoms in total. The summed E-state index contributed by atoms with van der Waals surface area (Å²) < 4.78 is 0.606. The predicted octanol–water partition coefficient (Wildman–Crippen LogP) is 3.98. The number of amides is 1. The molecular formula is C16H14N2OS2. The molecule has 1 aromatic carbocycles. The Morgan fingerprint density at radius 3 is 2.67 bits per heavy atom. The van der Waals surface area contributed by atoms with Crippen LogP contribution < -0.4 is 0 Å². The number of aromatic nitrogens is 1. The van der Waals surface area contributed by atoms with Gasteiger partial charge in [-0.05, 0) is 30.7 Å². The van der Waals surface area contributed by atoms with Gasteiger partial charge in [-0.2, -0.15) is 0 Å². The molecule has 2 heterocycles. The molecule has 0 bridgehead atoms. The molecule has 1 aliphatic heterocycles. The Balaban J connectivity index is 1.88. The van der Waals surface area contributed by atoms with E-state index in [0.29, 0.717) is 9.23 Å². The molecule has 3 rings (SSSR count). The van der Waals surface area contributed by atoms with Crippen molar-refractivity contribution in [3.05, 3.63) is 64.8 Å². The fourth-order valence-electron chi connectivity index (χ4n) is 2.27. The van der Waals surface area contributed by atoms with Crippen molar-refractivity contribution >= 4 is 40.3 Å². The Morgan fingerprint density at radius 1 is 1.24 bits per heavy atom. The molecule has 1 saturated heterocycles. The second-order valence-electron chi connectivity index (χ2n) is 4.76. The van der Waals surface area contributed by atoms with E-state index in [1.54, 1.807) is 4.90 Å². The molecule has 1 fully saturated rings. The molecule has 0 unspecified atom stereocenters. The fourth-order valence-corrected chi connectivity index (χ4v) is 3.68. The summed E-state index contributed by atoms with van der Waals surface area (Å²) in [7, 11) is 0. The lowest BCUT2D eigenvalue weighted by Crippen LogP contribution is -2.30. The molecule has 0 aliphatic carbocycles. The minimum Gasteiger partial charge on any atom is -0.362 e. The normalized spacial score (nSPS) is 18.5. The van der Waals surface area contributed by atoms with Gasteiger partial charge in [0.1, 0.15) is 4.32 Å². The van der Waals surface area contributed by atoms with Crippen molar-refractivity contribution in [1.82, 2.24) is 9.88 Å². The molecule has 1 aromatic heterocycles. The molecule has 1 amide bonds. The van der Waals surface area contributed by atoms with Crippen LogP contribution in [0.5, 0.6) is 0 Å². The van der Waals surface area contributed by atoms with E-state index in [9.17, 15) is 4.79 Å². The van der Waals surface area contributed by atoms with Gasteiger partial charge in [0.25, 0.3) is 5.91 Å². The minimum atomic E-state index is -0.0618. The van der Waals surface area contributed by atoms with E-state index in [1.165, 1.54) is 11.8 Å². The number of hydrogen-bond donors (Lipinski definition) is 1. The zero-order chi connectivity index (χ0) is 14.8. The Bertz CT molecular complexity index is 692. The summed E-state index contributed by atoms with van der Waals surface area (Å²) in [6.45, 7) is 2.00. The largest absolute Gasteiger partial charge is 0.362 e. The van der Waals surface area contributed by atoms with Crippen molar-refractivity contribution in [2.24, 2.45) is 0 Å². The molecule has 2 aromatic rings. The number of thioether (sulfide) groups is 1. The molecule has 1 aliphatic rings. The molecular weight excluding hydrogens is 300 g/mol. The van der Waals surface area contributed by atoms with Gasteiger partial charge in [0, 0.05) is 11.9 Å². The molecule has 1 atom stereocenters. The minimum absolute atomic E-state index is 0.0315. The van der Waals surface area contributed by atoms with Crippen molar-refractivity contribution in [2.45, 2.75) is 13.0 Å². The van der Waals surface area contributed by atoms with Crippen LogP contribution in [0.1, 0.15) is 24.2 Å². The maximum absolute atomic E-state index is 12.6. The maximum Gasteiger partial charge on any atom is 0.266 e. The van der Waals surface area contributed by atoms with Crippen molar-refractivity contribution in [1.29, 1.82) is 0 Å². The van der Waals surface area contributed by atoms with Gasteiger partial charge in [-0.1, -0.05) is 54.3 Å². The summed E-state index contributed by atoms with van der Waals surface area (Å²) in [4.78, 5) is 18.0. The lowest BCUT2D eigenvalue weighted by molar-refractivity contribution is -0.123. The third kappa shape index (κ3) is 2.80. The Hall–Kier alpha value is -1.85. The van der Waals surface area contributed by atoms with Gasteiger partial charge >= 0.3 is 0 Å². The van der Waals surface area contributed by atoms with Gasteiger partial charge in [-0.25, -0.2) is 0 Å². The maximum atomic E-state index is 12.6. The van der Waals surface area contributed by atoms with Crippen LogP contribution in [0.4, 0.5) is 0 Å². The van der Waals surface area contributed by atoms with Crippen molar-refractivity contribution in [3.8, 4) is 0 Å². The lowest BCUT2D eigenvalue weighted by atomic mass is 10.1. The van der Waals surface area contributed by atoms with E-state index in [4.69, 9.17) is 12.2 Å². The number of benzene rings is 1. The van der Waals surface area contributed by atoms with Crippen LogP contribution in [-0.4, -0.2) is 20.1 Å². The SMILES string of the molecule is C[C@H](c1ccccc1)N1C(=O)/C(=C/c2ccc[nH]2)SC1=S. The van der Waals surface area contributed by atoms with Crippen LogP contribution in [0, 0.1) is 0 Å². The van der Waals surface area contributed by atoms with Crippen LogP contribution in [0.3, 0.4) is 0 Å². The number of H-pyrrole nitrogens is 1. The number of nitrogens with zero attached hydrogens (tertiary/aromatic N) is 1. The van der Waals surface area contributed by atoms with Crippen LogP contribution >= 0.6 is 24.0 Å². The van der Waals surface area contributed by atoms with Gasteiger partial charge in [-0.3, -0.25) is 9.69 Å². The second-order valence-corrected chi connectivity index (χ2v) is 6.44. The Kier molecular flexibility index (Phi) is 3.94. The topological polar surface area (TPSA) is 36.1 Å². The number of thiocarbonyl (C=S) groups is 1. The molecule has 106 valence electrons.